The van der Waals surface area contributed by atoms with Crippen LogP contribution in [0.25, 0.3) is 11.5 Å². The third kappa shape index (κ3) is 3.49. The van der Waals surface area contributed by atoms with E-state index in [9.17, 15) is 8.42 Å². The van der Waals surface area contributed by atoms with Gasteiger partial charge in [0.1, 0.15) is 16.4 Å². The Bertz CT molecular complexity index is 894. The number of pyridine rings is 1. The third-order valence-electron chi connectivity index (χ3n) is 2.96. The summed E-state index contributed by atoms with van der Waals surface area (Å²) in [6.07, 6.45) is 4.12. The molecule has 11 nitrogen and oxygen atoms in total. The summed E-state index contributed by atoms with van der Waals surface area (Å²) < 4.78 is 31.8. The summed E-state index contributed by atoms with van der Waals surface area (Å²) in [7, 11) is -2.26. The lowest BCUT2D eigenvalue weighted by molar-refractivity contribution is 0.410. The first-order valence-corrected chi connectivity index (χ1v) is 8.11. The van der Waals surface area contributed by atoms with Crippen molar-refractivity contribution < 1.29 is 13.2 Å². The molecule has 0 radical (unpaired) electrons. The van der Waals surface area contributed by atoms with Gasteiger partial charge >= 0.3 is 0 Å². The van der Waals surface area contributed by atoms with Gasteiger partial charge in [0.2, 0.25) is 15.8 Å². The summed E-state index contributed by atoms with van der Waals surface area (Å²) >= 11 is 0. The maximum absolute atomic E-state index is 12.2. The van der Waals surface area contributed by atoms with Crippen molar-refractivity contribution in [2.45, 2.75) is 11.4 Å². The first-order chi connectivity index (χ1) is 11.6. The molecule has 3 rings (SSSR count). The zero-order chi connectivity index (χ0) is 17.0. The average molecular weight is 348 g/mol. The molecular formula is C12H12N8O3S. The molecule has 0 aromatic carbocycles. The van der Waals surface area contributed by atoms with E-state index in [4.69, 9.17) is 4.74 Å². The Morgan fingerprint density at radius 1 is 1.17 bits per heavy atom. The summed E-state index contributed by atoms with van der Waals surface area (Å²) in [4.78, 5) is 12.0. The SMILES string of the molecule is COc1cnc(CNS(=O)(=O)c2ccc(-c3nn[nH]n3)nc2)nc1. The van der Waals surface area contributed by atoms with Gasteiger partial charge in [-0.2, -0.15) is 5.21 Å². The van der Waals surface area contributed by atoms with Gasteiger partial charge in [-0.15, -0.1) is 10.2 Å². The highest BCUT2D eigenvalue weighted by atomic mass is 32.2. The molecule has 2 N–H and O–H groups in total. The van der Waals surface area contributed by atoms with Crippen molar-refractivity contribution in [1.82, 2.24) is 40.3 Å². The van der Waals surface area contributed by atoms with Gasteiger partial charge in [-0.05, 0) is 17.3 Å². The Balaban J connectivity index is 1.70. The lowest BCUT2D eigenvalue weighted by Gasteiger charge is -2.06. The van der Waals surface area contributed by atoms with E-state index in [-0.39, 0.29) is 17.3 Å². The molecule has 0 atom stereocenters. The van der Waals surface area contributed by atoms with Crippen LogP contribution in [0.15, 0.2) is 35.6 Å². The molecule has 0 unspecified atom stereocenters. The minimum atomic E-state index is -3.75. The number of H-pyrrole nitrogens is 1. The molecule has 3 aromatic rings. The summed E-state index contributed by atoms with van der Waals surface area (Å²) in [6, 6.07) is 2.89. The van der Waals surface area contributed by atoms with Gasteiger partial charge in [0.25, 0.3) is 0 Å². The first kappa shape index (κ1) is 15.9. The van der Waals surface area contributed by atoms with Gasteiger partial charge in [-0.3, -0.25) is 4.98 Å². The number of aromatic amines is 1. The summed E-state index contributed by atoms with van der Waals surface area (Å²) in [6.45, 7) is -0.0566. The zero-order valence-electron chi connectivity index (χ0n) is 12.4. The number of nitrogens with one attached hydrogen (secondary N) is 2. The summed E-state index contributed by atoms with van der Waals surface area (Å²) in [5.74, 6) is 1.08. The van der Waals surface area contributed by atoms with Gasteiger partial charge in [-0.1, -0.05) is 0 Å². The number of sulfonamides is 1. The predicted molar refractivity (Wildman–Crippen MR) is 80.0 cm³/mol. The van der Waals surface area contributed by atoms with Gasteiger partial charge in [-0.25, -0.2) is 23.1 Å². The molecule has 0 bridgehead atoms. The Hall–Kier alpha value is -2.99. The lowest BCUT2D eigenvalue weighted by Crippen LogP contribution is -2.24. The molecule has 0 fully saturated rings. The smallest absolute Gasteiger partial charge is 0.242 e. The van der Waals surface area contributed by atoms with Crippen molar-refractivity contribution in [1.29, 1.82) is 0 Å². The van der Waals surface area contributed by atoms with E-state index < -0.39 is 10.0 Å². The molecule has 0 aliphatic heterocycles. The van der Waals surface area contributed by atoms with Crippen LogP contribution in [0.3, 0.4) is 0 Å². The van der Waals surface area contributed by atoms with E-state index in [0.717, 1.165) is 0 Å². The van der Waals surface area contributed by atoms with Crippen LogP contribution in [0.4, 0.5) is 0 Å². The van der Waals surface area contributed by atoms with Crippen LogP contribution in [0.2, 0.25) is 0 Å². The van der Waals surface area contributed by atoms with E-state index in [2.05, 4.69) is 40.3 Å². The second kappa shape index (κ2) is 6.64. The summed E-state index contributed by atoms with van der Waals surface area (Å²) in [5, 5.41) is 13.2. The number of rotatable bonds is 6. The quantitative estimate of drug-likeness (QED) is 0.603. The molecule has 24 heavy (non-hydrogen) atoms. The minimum Gasteiger partial charge on any atom is -0.494 e. The number of hydrogen-bond donors (Lipinski definition) is 2. The molecule has 3 aromatic heterocycles. The molecule has 0 saturated heterocycles. The molecule has 0 spiro atoms. The fraction of sp³-hybridized carbons (Fsp3) is 0.167. The highest BCUT2D eigenvalue weighted by Gasteiger charge is 2.16. The Morgan fingerprint density at radius 3 is 2.54 bits per heavy atom. The van der Waals surface area contributed by atoms with Crippen LogP contribution in [-0.2, 0) is 16.6 Å². The van der Waals surface area contributed by atoms with E-state index in [1.807, 2.05) is 0 Å². The number of aromatic nitrogens is 7. The van der Waals surface area contributed by atoms with Crippen molar-refractivity contribution in [2.24, 2.45) is 0 Å². The largest absolute Gasteiger partial charge is 0.494 e. The lowest BCUT2D eigenvalue weighted by atomic mass is 10.3. The van der Waals surface area contributed by atoms with Gasteiger partial charge in [0.05, 0.1) is 26.0 Å². The van der Waals surface area contributed by atoms with Crippen LogP contribution in [0.1, 0.15) is 5.82 Å². The Labute approximate surface area is 136 Å². The zero-order valence-corrected chi connectivity index (χ0v) is 13.2. The Kier molecular flexibility index (Phi) is 4.39. The fourth-order valence-electron chi connectivity index (χ4n) is 1.72. The highest BCUT2D eigenvalue weighted by Crippen LogP contribution is 2.14. The molecule has 0 aliphatic rings. The number of hydrogen-bond acceptors (Lipinski definition) is 9. The molecule has 12 heteroatoms. The maximum Gasteiger partial charge on any atom is 0.242 e. The number of tetrazole rings is 1. The van der Waals surface area contributed by atoms with Crippen LogP contribution < -0.4 is 9.46 Å². The fourth-order valence-corrected chi connectivity index (χ4v) is 2.65. The molecule has 124 valence electrons. The van der Waals surface area contributed by atoms with Crippen molar-refractivity contribution >= 4 is 10.0 Å². The standard InChI is InChI=1S/C12H12N8O3S/c1-23-8-4-14-11(15-5-8)7-16-24(21,22)9-2-3-10(13-6-9)12-17-19-20-18-12/h2-6,16H,7H2,1H3,(H,17,18,19,20). The topological polar surface area (TPSA) is 149 Å². The van der Waals surface area contributed by atoms with Crippen LogP contribution in [-0.4, -0.2) is 51.1 Å². The molecule has 0 aliphatic carbocycles. The Morgan fingerprint density at radius 2 is 1.96 bits per heavy atom. The summed E-state index contributed by atoms with van der Waals surface area (Å²) in [5.41, 5.74) is 0.404. The average Bonchev–Trinajstić information content (AvgIpc) is 3.15. The molecule has 3 heterocycles. The monoisotopic (exact) mass is 348 g/mol. The normalized spacial score (nSPS) is 11.4. The minimum absolute atomic E-state index is 0.00302. The van der Waals surface area contributed by atoms with E-state index in [0.29, 0.717) is 17.3 Å². The number of ether oxygens (including phenoxy) is 1. The third-order valence-corrected chi connectivity index (χ3v) is 4.35. The highest BCUT2D eigenvalue weighted by molar-refractivity contribution is 7.89. The maximum atomic E-state index is 12.2. The van der Waals surface area contributed by atoms with Crippen molar-refractivity contribution in [3.05, 3.63) is 36.5 Å². The van der Waals surface area contributed by atoms with Crippen molar-refractivity contribution in [3.63, 3.8) is 0 Å². The van der Waals surface area contributed by atoms with Gasteiger partial charge < -0.3 is 4.74 Å². The van der Waals surface area contributed by atoms with E-state index in [1.165, 1.54) is 37.8 Å². The van der Waals surface area contributed by atoms with Crippen LogP contribution >= 0.6 is 0 Å². The van der Waals surface area contributed by atoms with Crippen molar-refractivity contribution in [2.75, 3.05) is 7.11 Å². The molecule has 0 saturated carbocycles. The van der Waals surface area contributed by atoms with Crippen LogP contribution in [0, 0.1) is 0 Å². The molecule has 0 amide bonds. The van der Waals surface area contributed by atoms with E-state index in [1.54, 1.807) is 0 Å². The van der Waals surface area contributed by atoms with Crippen molar-refractivity contribution in [3.8, 4) is 17.3 Å². The predicted octanol–water partition coefficient (Wildman–Crippen LogP) is -0.461. The second-order valence-corrected chi connectivity index (χ2v) is 6.25. The molecular weight excluding hydrogens is 336 g/mol. The van der Waals surface area contributed by atoms with Gasteiger partial charge in [0, 0.05) is 6.20 Å². The number of methoxy groups -OCH3 is 1. The van der Waals surface area contributed by atoms with E-state index >= 15 is 0 Å². The number of nitrogens with zero attached hydrogens (tertiary/aromatic N) is 6. The van der Waals surface area contributed by atoms with Gasteiger partial charge in [0.15, 0.2) is 5.75 Å². The second-order valence-electron chi connectivity index (χ2n) is 4.48. The van der Waals surface area contributed by atoms with Crippen LogP contribution in [0.5, 0.6) is 5.75 Å². The first-order valence-electron chi connectivity index (χ1n) is 6.63.